The third-order valence-electron chi connectivity index (χ3n) is 3.80. The van der Waals surface area contributed by atoms with Gasteiger partial charge in [-0.25, -0.2) is 0 Å². The number of hydrogen-bond acceptors (Lipinski definition) is 5. The molecule has 1 saturated heterocycles. The summed E-state index contributed by atoms with van der Waals surface area (Å²) in [5, 5.41) is 2.67. The number of rotatable bonds is 4. The first kappa shape index (κ1) is 14.6. The molecule has 0 aliphatic carbocycles. The zero-order chi connectivity index (χ0) is 15.5. The molecule has 118 valence electrons. The van der Waals surface area contributed by atoms with Crippen molar-refractivity contribution in [2.45, 2.75) is 6.42 Å². The predicted molar refractivity (Wildman–Crippen MR) is 80.0 cm³/mol. The fourth-order valence-electron chi connectivity index (χ4n) is 2.70. The van der Waals surface area contributed by atoms with Crippen LogP contribution in [0.1, 0.15) is 6.42 Å². The summed E-state index contributed by atoms with van der Waals surface area (Å²) in [5.74, 6) is 0.230. The second-order valence-electron chi connectivity index (χ2n) is 5.24. The van der Waals surface area contributed by atoms with E-state index in [0.29, 0.717) is 50.8 Å². The van der Waals surface area contributed by atoms with Crippen molar-refractivity contribution in [2.24, 2.45) is 11.7 Å². The Morgan fingerprint density at radius 1 is 1.32 bits per heavy atom. The Morgan fingerprint density at radius 2 is 2.09 bits per heavy atom. The van der Waals surface area contributed by atoms with Crippen molar-refractivity contribution in [3.8, 4) is 11.5 Å². The van der Waals surface area contributed by atoms with Crippen LogP contribution in [0.15, 0.2) is 18.2 Å². The van der Waals surface area contributed by atoms with Gasteiger partial charge in [-0.1, -0.05) is 0 Å². The molecule has 3 N–H and O–H groups in total. The molecule has 0 saturated carbocycles. The van der Waals surface area contributed by atoms with Crippen LogP contribution < -0.4 is 25.4 Å². The minimum atomic E-state index is -0.639. The highest BCUT2D eigenvalue weighted by Gasteiger charge is 2.37. The minimum Gasteiger partial charge on any atom is -0.486 e. The molecule has 7 heteroatoms. The maximum absolute atomic E-state index is 12.4. The molecular formula is C15H19N3O4. The second-order valence-corrected chi connectivity index (χ2v) is 5.24. The number of benzene rings is 1. The molecule has 3 rings (SSSR count). The summed E-state index contributed by atoms with van der Waals surface area (Å²) in [6, 6.07) is 5.39. The van der Waals surface area contributed by atoms with Crippen LogP contribution in [-0.2, 0) is 9.59 Å². The number of nitrogens with one attached hydrogen (secondary N) is 1. The molecule has 0 radical (unpaired) electrons. The van der Waals surface area contributed by atoms with Crippen molar-refractivity contribution in [1.82, 2.24) is 5.32 Å². The minimum absolute atomic E-state index is 0.189. The fourth-order valence-corrected chi connectivity index (χ4v) is 2.70. The van der Waals surface area contributed by atoms with Crippen molar-refractivity contribution in [3.63, 3.8) is 0 Å². The number of nitrogens with zero attached hydrogens (tertiary/aromatic N) is 1. The van der Waals surface area contributed by atoms with Crippen molar-refractivity contribution in [2.75, 3.05) is 37.7 Å². The van der Waals surface area contributed by atoms with Gasteiger partial charge in [0.2, 0.25) is 11.8 Å². The highest BCUT2D eigenvalue weighted by Crippen LogP contribution is 2.35. The van der Waals surface area contributed by atoms with E-state index in [1.54, 1.807) is 17.0 Å². The van der Waals surface area contributed by atoms with Crippen molar-refractivity contribution in [1.29, 1.82) is 0 Å². The van der Waals surface area contributed by atoms with Gasteiger partial charge >= 0.3 is 0 Å². The highest BCUT2D eigenvalue weighted by molar-refractivity contribution is 6.09. The number of nitrogens with two attached hydrogens (primary N) is 1. The number of carbonyl (C=O) groups excluding carboxylic acids is 2. The zero-order valence-electron chi connectivity index (χ0n) is 12.2. The molecule has 0 aromatic heterocycles. The van der Waals surface area contributed by atoms with Gasteiger partial charge in [0.25, 0.3) is 0 Å². The first-order valence-electron chi connectivity index (χ1n) is 7.39. The van der Waals surface area contributed by atoms with Gasteiger partial charge in [-0.3, -0.25) is 9.59 Å². The molecule has 2 aliphatic heterocycles. The summed E-state index contributed by atoms with van der Waals surface area (Å²) in [6.07, 6.45) is 0.504. The summed E-state index contributed by atoms with van der Waals surface area (Å²) in [4.78, 5) is 26.0. The molecule has 0 bridgehead atoms. The fraction of sp³-hybridized carbons (Fsp3) is 0.467. The lowest BCUT2D eigenvalue weighted by Crippen LogP contribution is -2.38. The van der Waals surface area contributed by atoms with Gasteiger partial charge in [0, 0.05) is 31.4 Å². The average molecular weight is 305 g/mol. The van der Waals surface area contributed by atoms with Crippen LogP contribution in [0.2, 0.25) is 0 Å². The molecule has 1 fully saturated rings. The SMILES string of the molecule is NCCNC(=O)C1CCN(c2ccc3c(c2)OCCO3)C1=O. The zero-order valence-corrected chi connectivity index (χ0v) is 12.2. The smallest absolute Gasteiger partial charge is 0.239 e. The standard InChI is InChI=1S/C15H19N3O4/c16-4-5-17-14(19)11-3-6-18(15(11)20)10-1-2-12-13(9-10)22-8-7-21-12/h1-2,9,11H,3-8,16H2,(H,17,19). The van der Waals surface area contributed by atoms with Crippen molar-refractivity contribution >= 4 is 17.5 Å². The molecule has 1 aromatic carbocycles. The van der Waals surface area contributed by atoms with Gasteiger partial charge in [-0.05, 0) is 18.6 Å². The van der Waals surface area contributed by atoms with E-state index in [0.717, 1.165) is 5.69 Å². The number of hydrogen-bond donors (Lipinski definition) is 2. The average Bonchev–Trinajstić information content (AvgIpc) is 2.94. The molecule has 2 amide bonds. The molecule has 0 spiro atoms. The lowest BCUT2D eigenvalue weighted by Gasteiger charge is -2.22. The van der Waals surface area contributed by atoms with Gasteiger partial charge < -0.3 is 25.4 Å². The van der Waals surface area contributed by atoms with Gasteiger partial charge in [-0.15, -0.1) is 0 Å². The Bertz CT molecular complexity index is 590. The van der Waals surface area contributed by atoms with Crippen molar-refractivity contribution in [3.05, 3.63) is 18.2 Å². The Kier molecular flexibility index (Phi) is 4.15. The Labute approximate surface area is 128 Å². The van der Waals surface area contributed by atoms with Gasteiger partial charge in [-0.2, -0.15) is 0 Å². The summed E-state index contributed by atoms with van der Waals surface area (Å²) in [5.41, 5.74) is 6.08. The normalized spacial score (nSPS) is 20.1. The monoisotopic (exact) mass is 305 g/mol. The van der Waals surface area contributed by atoms with E-state index in [9.17, 15) is 9.59 Å². The maximum Gasteiger partial charge on any atom is 0.239 e. The molecule has 1 aromatic rings. The van der Waals surface area contributed by atoms with Gasteiger partial charge in [0.15, 0.2) is 11.5 Å². The Balaban J connectivity index is 1.73. The van der Waals surface area contributed by atoms with Crippen LogP contribution in [0.25, 0.3) is 0 Å². The summed E-state index contributed by atoms with van der Waals surface area (Å²) in [7, 11) is 0. The predicted octanol–water partition coefficient (Wildman–Crippen LogP) is -0.114. The third-order valence-corrected chi connectivity index (χ3v) is 3.80. The van der Waals surface area contributed by atoms with Crippen LogP contribution in [0, 0.1) is 5.92 Å². The molecular weight excluding hydrogens is 286 g/mol. The summed E-state index contributed by atoms with van der Waals surface area (Å²) in [6.45, 7) is 2.28. The van der Waals surface area contributed by atoms with Gasteiger partial charge in [0.05, 0.1) is 0 Å². The second kappa shape index (κ2) is 6.23. The lowest BCUT2D eigenvalue weighted by atomic mass is 10.1. The maximum atomic E-state index is 12.4. The van der Waals surface area contributed by atoms with E-state index < -0.39 is 5.92 Å². The van der Waals surface area contributed by atoms with E-state index in [1.807, 2.05) is 6.07 Å². The number of carbonyl (C=O) groups is 2. The van der Waals surface area contributed by atoms with Gasteiger partial charge in [0.1, 0.15) is 19.1 Å². The molecule has 1 atom stereocenters. The summed E-state index contributed by atoms with van der Waals surface area (Å²) < 4.78 is 11.0. The molecule has 2 aliphatic rings. The largest absolute Gasteiger partial charge is 0.486 e. The topological polar surface area (TPSA) is 93.9 Å². The quantitative estimate of drug-likeness (QED) is 0.757. The van der Waals surface area contributed by atoms with Crippen molar-refractivity contribution < 1.29 is 19.1 Å². The molecule has 2 heterocycles. The Hall–Kier alpha value is -2.28. The van der Waals surface area contributed by atoms with E-state index in [2.05, 4.69) is 5.32 Å². The summed E-state index contributed by atoms with van der Waals surface area (Å²) >= 11 is 0. The van der Waals surface area contributed by atoms with E-state index in [4.69, 9.17) is 15.2 Å². The van der Waals surface area contributed by atoms with Crippen LogP contribution in [0.4, 0.5) is 5.69 Å². The number of fused-ring (bicyclic) bond motifs is 1. The molecule has 1 unspecified atom stereocenters. The Morgan fingerprint density at radius 3 is 2.86 bits per heavy atom. The molecule has 7 nitrogen and oxygen atoms in total. The first-order chi connectivity index (χ1) is 10.7. The first-order valence-corrected chi connectivity index (χ1v) is 7.39. The van der Waals surface area contributed by atoms with E-state index in [-0.39, 0.29) is 11.8 Å². The number of anilines is 1. The number of ether oxygens (including phenoxy) is 2. The highest BCUT2D eigenvalue weighted by atomic mass is 16.6. The molecule has 22 heavy (non-hydrogen) atoms. The lowest BCUT2D eigenvalue weighted by molar-refractivity contribution is -0.132. The van der Waals surface area contributed by atoms with Crippen LogP contribution in [0.5, 0.6) is 11.5 Å². The van der Waals surface area contributed by atoms with E-state index in [1.165, 1.54) is 0 Å². The number of amides is 2. The third kappa shape index (κ3) is 2.71. The van der Waals surface area contributed by atoms with E-state index >= 15 is 0 Å². The van der Waals surface area contributed by atoms with Crippen LogP contribution >= 0.6 is 0 Å². The van der Waals surface area contributed by atoms with Crippen LogP contribution in [-0.4, -0.2) is 44.7 Å². The van der Waals surface area contributed by atoms with Crippen LogP contribution in [0.3, 0.4) is 0 Å².